The van der Waals surface area contributed by atoms with Crippen LogP contribution in [-0.4, -0.2) is 11.1 Å². The van der Waals surface area contributed by atoms with E-state index >= 15 is 0 Å². The Morgan fingerprint density at radius 3 is 2.29 bits per heavy atom. The summed E-state index contributed by atoms with van der Waals surface area (Å²) in [6, 6.07) is 5.49. The standard InChI is InChI=1S/C11H15NO2/c1-7-3-8(2)5-9(4-7)10(12)6-11(13)14/h3-5,10H,6,12H2,1-2H3,(H,13,14). The Kier molecular flexibility index (Phi) is 3.25. The monoisotopic (exact) mass is 193 g/mol. The summed E-state index contributed by atoms with van der Waals surface area (Å²) in [6.07, 6.45) is -0.0249. The molecular weight excluding hydrogens is 178 g/mol. The van der Waals surface area contributed by atoms with Gasteiger partial charge in [0.25, 0.3) is 0 Å². The van der Waals surface area contributed by atoms with E-state index in [4.69, 9.17) is 10.8 Å². The lowest BCUT2D eigenvalue weighted by atomic mass is 10.00. The van der Waals surface area contributed by atoms with Crippen molar-refractivity contribution in [3.05, 3.63) is 34.9 Å². The van der Waals surface area contributed by atoms with Gasteiger partial charge in [0.05, 0.1) is 6.42 Å². The molecule has 0 aliphatic carbocycles. The zero-order valence-electron chi connectivity index (χ0n) is 8.45. The molecule has 0 amide bonds. The largest absolute Gasteiger partial charge is 0.481 e. The number of carboxylic acids is 1. The van der Waals surface area contributed by atoms with Crippen LogP contribution in [0.3, 0.4) is 0 Å². The van der Waals surface area contributed by atoms with E-state index in [2.05, 4.69) is 0 Å². The van der Waals surface area contributed by atoms with Crippen LogP contribution in [0, 0.1) is 13.8 Å². The molecule has 1 aromatic rings. The van der Waals surface area contributed by atoms with Gasteiger partial charge in [-0.25, -0.2) is 0 Å². The van der Waals surface area contributed by atoms with E-state index in [1.165, 1.54) is 0 Å². The minimum atomic E-state index is -0.864. The number of carbonyl (C=O) groups is 1. The Morgan fingerprint density at radius 1 is 1.36 bits per heavy atom. The lowest BCUT2D eigenvalue weighted by Crippen LogP contribution is -2.15. The Hall–Kier alpha value is -1.35. The van der Waals surface area contributed by atoms with E-state index in [1.807, 2.05) is 32.0 Å². The van der Waals surface area contributed by atoms with Crippen LogP contribution in [0.15, 0.2) is 18.2 Å². The molecule has 1 rings (SSSR count). The molecule has 3 N–H and O–H groups in total. The molecule has 3 heteroatoms. The number of benzene rings is 1. The average Bonchev–Trinajstić information content (AvgIpc) is 2.00. The number of hydrogen-bond acceptors (Lipinski definition) is 2. The summed E-state index contributed by atoms with van der Waals surface area (Å²) in [5, 5.41) is 8.60. The van der Waals surface area contributed by atoms with Gasteiger partial charge in [0.2, 0.25) is 0 Å². The van der Waals surface area contributed by atoms with Gasteiger partial charge in [-0.3, -0.25) is 4.79 Å². The molecule has 0 aliphatic heterocycles. The van der Waals surface area contributed by atoms with Crippen molar-refractivity contribution in [3.63, 3.8) is 0 Å². The minimum absolute atomic E-state index is 0.0249. The molecule has 1 atom stereocenters. The average molecular weight is 193 g/mol. The molecule has 0 fully saturated rings. The van der Waals surface area contributed by atoms with Crippen molar-refractivity contribution in [2.75, 3.05) is 0 Å². The highest BCUT2D eigenvalue weighted by Gasteiger charge is 2.10. The van der Waals surface area contributed by atoms with Gasteiger partial charge in [0.1, 0.15) is 0 Å². The first-order valence-electron chi connectivity index (χ1n) is 4.54. The number of nitrogens with two attached hydrogens (primary N) is 1. The molecule has 1 unspecified atom stereocenters. The zero-order valence-corrected chi connectivity index (χ0v) is 8.45. The highest BCUT2D eigenvalue weighted by molar-refractivity contribution is 5.67. The van der Waals surface area contributed by atoms with Crippen LogP contribution in [0.25, 0.3) is 0 Å². The van der Waals surface area contributed by atoms with Crippen LogP contribution in [0.2, 0.25) is 0 Å². The Morgan fingerprint density at radius 2 is 1.86 bits per heavy atom. The number of aliphatic carboxylic acids is 1. The predicted octanol–water partition coefficient (Wildman–Crippen LogP) is 1.78. The van der Waals surface area contributed by atoms with Crippen molar-refractivity contribution >= 4 is 5.97 Å². The first-order valence-corrected chi connectivity index (χ1v) is 4.54. The van der Waals surface area contributed by atoms with Gasteiger partial charge >= 0.3 is 5.97 Å². The van der Waals surface area contributed by atoms with E-state index in [-0.39, 0.29) is 6.42 Å². The summed E-state index contributed by atoms with van der Waals surface area (Å²) in [6.45, 7) is 3.95. The second-order valence-corrected chi connectivity index (χ2v) is 3.63. The van der Waals surface area contributed by atoms with Crippen LogP contribution in [-0.2, 0) is 4.79 Å². The van der Waals surface area contributed by atoms with Crippen LogP contribution in [0.4, 0.5) is 0 Å². The molecule has 0 saturated carbocycles. The van der Waals surface area contributed by atoms with E-state index in [0.717, 1.165) is 16.7 Å². The fraction of sp³-hybridized carbons (Fsp3) is 0.364. The van der Waals surface area contributed by atoms with E-state index in [0.29, 0.717) is 0 Å². The van der Waals surface area contributed by atoms with E-state index in [9.17, 15) is 4.79 Å². The van der Waals surface area contributed by atoms with Gasteiger partial charge in [0, 0.05) is 6.04 Å². The number of aryl methyl sites for hydroxylation is 2. The van der Waals surface area contributed by atoms with Crippen molar-refractivity contribution in [2.24, 2.45) is 5.73 Å². The van der Waals surface area contributed by atoms with Crippen molar-refractivity contribution in [1.29, 1.82) is 0 Å². The summed E-state index contributed by atoms with van der Waals surface area (Å²) in [4.78, 5) is 10.5. The van der Waals surface area contributed by atoms with Crippen molar-refractivity contribution in [1.82, 2.24) is 0 Å². The normalized spacial score (nSPS) is 12.5. The summed E-state index contributed by atoms with van der Waals surface area (Å²) in [7, 11) is 0. The molecule has 0 radical (unpaired) electrons. The third-order valence-corrected chi connectivity index (χ3v) is 2.07. The molecule has 14 heavy (non-hydrogen) atoms. The molecule has 3 nitrogen and oxygen atoms in total. The predicted molar refractivity (Wildman–Crippen MR) is 55.1 cm³/mol. The summed E-state index contributed by atoms with van der Waals surface area (Å²) >= 11 is 0. The molecular formula is C11H15NO2. The lowest BCUT2D eigenvalue weighted by Gasteiger charge is -2.11. The molecule has 0 aromatic heterocycles. The Bertz CT molecular complexity index is 327. The van der Waals surface area contributed by atoms with Gasteiger partial charge in [-0.05, 0) is 19.4 Å². The zero-order chi connectivity index (χ0) is 10.7. The van der Waals surface area contributed by atoms with E-state index in [1.54, 1.807) is 0 Å². The first-order chi connectivity index (χ1) is 6.49. The maximum Gasteiger partial charge on any atom is 0.305 e. The Balaban J connectivity index is 2.89. The Labute approximate surface area is 83.6 Å². The lowest BCUT2D eigenvalue weighted by molar-refractivity contribution is -0.137. The van der Waals surface area contributed by atoms with Gasteiger partial charge in [-0.1, -0.05) is 29.3 Å². The number of carboxylic acid groups (broad SMARTS) is 1. The minimum Gasteiger partial charge on any atom is -0.481 e. The van der Waals surface area contributed by atoms with Crippen LogP contribution < -0.4 is 5.73 Å². The van der Waals surface area contributed by atoms with Gasteiger partial charge < -0.3 is 10.8 Å². The molecule has 0 bridgehead atoms. The quantitative estimate of drug-likeness (QED) is 0.769. The topological polar surface area (TPSA) is 63.3 Å². The molecule has 0 heterocycles. The second kappa shape index (κ2) is 4.24. The van der Waals surface area contributed by atoms with Crippen molar-refractivity contribution < 1.29 is 9.90 Å². The molecule has 0 aliphatic rings. The molecule has 0 spiro atoms. The smallest absolute Gasteiger partial charge is 0.305 e. The third kappa shape index (κ3) is 2.85. The highest BCUT2D eigenvalue weighted by atomic mass is 16.4. The number of rotatable bonds is 3. The van der Waals surface area contributed by atoms with Crippen molar-refractivity contribution in [2.45, 2.75) is 26.3 Å². The molecule has 0 saturated heterocycles. The van der Waals surface area contributed by atoms with Crippen LogP contribution >= 0.6 is 0 Å². The third-order valence-electron chi connectivity index (χ3n) is 2.07. The fourth-order valence-electron chi connectivity index (χ4n) is 1.53. The van der Waals surface area contributed by atoms with Gasteiger partial charge in [0.15, 0.2) is 0 Å². The molecule has 76 valence electrons. The summed E-state index contributed by atoms with van der Waals surface area (Å²) < 4.78 is 0. The van der Waals surface area contributed by atoms with Gasteiger partial charge in [-0.2, -0.15) is 0 Å². The first kappa shape index (κ1) is 10.7. The van der Waals surface area contributed by atoms with E-state index < -0.39 is 12.0 Å². The van der Waals surface area contributed by atoms with Gasteiger partial charge in [-0.15, -0.1) is 0 Å². The number of hydrogen-bond donors (Lipinski definition) is 2. The maximum atomic E-state index is 10.5. The van der Waals surface area contributed by atoms with Crippen LogP contribution in [0.1, 0.15) is 29.2 Å². The van der Waals surface area contributed by atoms with Crippen molar-refractivity contribution in [3.8, 4) is 0 Å². The maximum absolute atomic E-state index is 10.5. The molecule has 1 aromatic carbocycles. The fourth-order valence-corrected chi connectivity index (χ4v) is 1.53. The summed E-state index contributed by atoms with van der Waals surface area (Å²) in [5.74, 6) is -0.864. The second-order valence-electron chi connectivity index (χ2n) is 3.63. The summed E-state index contributed by atoms with van der Waals surface area (Å²) in [5.41, 5.74) is 8.87. The van der Waals surface area contributed by atoms with Crippen LogP contribution in [0.5, 0.6) is 0 Å². The SMILES string of the molecule is Cc1cc(C)cc(C(N)CC(=O)O)c1. The highest BCUT2D eigenvalue weighted by Crippen LogP contribution is 2.17.